The summed E-state index contributed by atoms with van der Waals surface area (Å²) in [5.74, 6) is 0.911. The summed E-state index contributed by atoms with van der Waals surface area (Å²) in [4.78, 5) is 37.4. The van der Waals surface area contributed by atoms with Gasteiger partial charge in [-0.25, -0.2) is 4.98 Å². The fourth-order valence-electron chi connectivity index (χ4n) is 5.69. The highest BCUT2D eigenvalue weighted by Gasteiger charge is 2.46. The summed E-state index contributed by atoms with van der Waals surface area (Å²) < 4.78 is 1.55. The van der Waals surface area contributed by atoms with Crippen LogP contribution in [0.25, 0.3) is 0 Å². The summed E-state index contributed by atoms with van der Waals surface area (Å²) in [7, 11) is 1.71. The zero-order chi connectivity index (χ0) is 26.6. The maximum Gasteiger partial charge on any atom is 0.270 e. The van der Waals surface area contributed by atoms with Crippen LogP contribution in [0, 0.1) is 11.3 Å². The quantitative estimate of drug-likeness (QED) is 0.437. The number of rotatable bonds is 5. The average Bonchev–Trinajstić information content (AvgIpc) is 3.73. The molecule has 3 heterocycles. The van der Waals surface area contributed by atoms with Gasteiger partial charge in [0.2, 0.25) is 11.9 Å². The molecule has 11 heteroatoms. The molecule has 0 radical (unpaired) electrons. The third-order valence-electron chi connectivity index (χ3n) is 8.14. The Morgan fingerprint density at radius 1 is 1.21 bits per heavy atom. The van der Waals surface area contributed by atoms with Crippen molar-refractivity contribution in [3.8, 4) is 0 Å². The molecule has 1 spiro atoms. The second-order valence-corrected chi connectivity index (χ2v) is 12.0. The standard InChI is InChI=1S/C27H30ClN7O2S/c1-34-25(37)20(38-18-8-11-31-23(19(18)28)33-24(36)15-6-7-15)22(30)32-26(34)35-12-9-27(10-13-35)14-16-4-2-3-5-17(16)21(27)29/h2-5,8,11,15,21H,6-7,9-10,12-14,29-30H2,1H3,(H,31,33,36)/t21-/m1/s1. The van der Waals surface area contributed by atoms with E-state index in [-0.39, 0.29) is 50.4 Å². The Labute approximate surface area is 230 Å². The van der Waals surface area contributed by atoms with Gasteiger partial charge in [-0.3, -0.25) is 14.2 Å². The Morgan fingerprint density at radius 3 is 2.66 bits per heavy atom. The van der Waals surface area contributed by atoms with Crippen molar-refractivity contribution in [2.75, 3.05) is 29.0 Å². The molecule has 198 valence electrons. The van der Waals surface area contributed by atoms with Gasteiger partial charge in [-0.15, -0.1) is 0 Å². The molecule has 1 amide bonds. The van der Waals surface area contributed by atoms with E-state index >= 15 is 0 Å². The molecule has 38 heavy (non-hydrogen) atoms. The molecule has 2 aliphatic carbocycles. The van der Waals surface area contributed by atoms with E-state index in [9.17, 15) is 9.59 Å². The molecule has 1 aromatic carbocycles. The van der Waals surface area contributed by atoms with Crippen LogP contribution in [-0.2, 0) is 18.3 Å². The highest BCUT2D eigenvalue weighted by molar-refractivity contribution is 7.99. The van der Waals surface area contributed by atoms with Crippen LogP contribution in [0.3, 0.4) is 0 Å². The number of nitrogens with one attached hydrogen (secondary N) is 1. The number of hydrogen-bond acceptors (Lipinski definition) is 8. The second-order valence-electron chi connectivity index (χ2n) is 10.5. The van der Waals surface area contributed by atoms with E-state index in [2.05, 4.69) is 44.5 Å². The van der Waals surface area contributed by atoms with E-state index in [0.717, 1.165) is 57.0 Å². The first-order valence-electron chi connectivity index (χ1n) is 12.9. The first-order chi connectivity index (χ1) is 18.3. The molecule has 2 fully saturated rings. The number of nitrogen functional groups attached to an aromatic ring is 1. The maximum absolute atomic E-state index is 13.4. The Morgan fingerprint density at radius 2 is 1.95 bits per heavy atom. The fourth-order valence-corrected chi connectivity index (χ4v) is 6.87. The molecule has 3 aromatic rings. The molecule has 3 aliphatic rings. The molecule has 0 bridgehead atoms. The fraction of sp³-hybridized carbons (Fsp3) is 0.407. The SMILES string of the molecule is Cn1c(N2CCC3(CC2)Cc2ccccc2[C@H]3N)nc(N)c(Sc2ccnc(NC(=O)C3CC3)c2Cl)c1=O. The van der Waals surface area contributed by atoms with Crippen LogP contribution in [0.2, 0.25) is 5.02 Å². The lowest BCUT2D eigenvalue weighted by Gasteiger charge is -2.42. The van der Waals surface area contributed by atoms with E-state index in [1.807, 2.05) is 0 Å². The summed E-state index contributed by atoms with van der Waals surface area (Å²) in [6, 6.07) is 10.2. The third kappa shape index (κ3) is 4.34. The first-order valence-corrected chi connectivity index (χ1v) is 14.0. The Hall–Kier alpha value is -3.08. The van der Waals surface area contributed by atoms with Crippen molar-refractivity contribution >= 4 is 46.9 Å². The van der Waals surface area contributed by atoms with Crippen molar-refractivity contribution in [3.05, 3.63) is 63.0 Å². The highest BCUT2D eigenvalue weighted by atomic mass is 35.5. The number of fused-ring (bicyclic) bond motifs is 1. The van der Waals surface area contributed by atoms with E-state index in [0.29, 0.717) is 10.8 Å². The number of piperidine rings is 1. The number of benzene rings is 1. The van der Waals surface area contributed by atoms with Crippen molar-refractivity contribution in [3.63, 3.8) is 0 Å². The number of pyridine rings is 1. The van der Waals surface area contributed by atoms with Gasteiger partial charge in [0.1, 0.15) is 10.7 Å². The number of carbonyl (C=O) groups excluding carboxylic acids is 1. The van der Waals surface area contributed by atoms with E-state index in [1.54, 1.807) is 23.9 Å². The maximum atomic E-state index is 13.4. The molecular weight excluding hydrogens is 522 g/mol. The van der Waals surface area contributed by atoms with Crippen LogP contribution in [0.4, 0.5) is 17.6 Å². The van der Waals surface area contributed by atoms with Gasteiger partial charge in [0, 0.05) is 43.2 Å². The molecule has 5 N–H and O–H groups in total. The van der Waals surface area contributed by atoms with Crippen LogP contribution in [0.5, 0.6) is 0 Å². The van der Waals surface area contributed by atoms with Gasteiger partial charge in [0.15, 0.2) is 5.82 Å². The third-order valence-corrected chi connectivity index (χ3v) is 9.78. The van der Waals surface area contributed by atoms with Crippen molar-refractivity contribution in [1.29, 1.82) is 0 Å². The first kappa shape index (κ1) is 25.2. The lowest BCUT2D eigenvalue weighted by Crippen LogP contribution is -2.46. The van der Waals surface area contributed by atoms with E-state index < -0.39 is 0 Å². The minimum Gasteiger partial charge on any atom is -0.382 e. The largest absolute Gasteiger partial charge is 0.382 e. The smallest absolute Gasteiger partial charge is 0.270 e. The van der Waals surface area contributed by atoms with Gasteiger partial charge in [0.25, 0.3) is 5.56 Å². The summed E-state index contributed by atoms with van der Waals surface area (Å²) in [6.45, 7) is 1.49. The number of anilines is 3. The van der Waals surface area contributed by atoms with E-state index in [4.69, 9.17) is 23.1 Å². The molecule has 6 rings (SSSR count). The summed E-state index contributed by atoms with van der Waals surface area (Å²) in [5.41, 5.74) is 15.4. The number of amides is 1. The monoisotopic (exact) mass is 551 g/mol. The van der Waals surface area contributed by atoms with E-state index in [1.165, 1.54) is 11.1 Å². The van der Waals surface area contributed by atoms with Crippen LogP contribution in [0.15, 0.2) is 51.1 Å². The van der Waals surface area contributed by atoms with Gasteiger partial charge in [-0.05, 0) is 54.7 Å². The molecule has 2 aromatic heterocycles. The van der Waals surface area contributed by atoms with Crippen LogP contribution in [-0.4, -0.2) is 33.5 Å². The molecule has 9 nitrogen and oxygen atoms in total. The molecule has 1 saturated carbocycles. The van der Waals surface area contributed by atoms with Gasteiger partial charge in [-0.2, -0.15) is 4.98 Å². The Kier molecular flexibility index (Phi) is 6.36. The summed E-state index contributed by atoms with van der Waals surface area (Å²) in [6.07, 6.45) is 6.11. The number of aromatic nitrogens is 3. The number of nitrogens with two attached hydrogens (primary N) is 2. The average molecular weight is 552 g/mol. The normalized spacial score (nSPS) is 20.0. The number of hydrogen-bond donors (Lipinski definition) is 3. The predicted molar refractivity (Wildman–Crippen MR) is 150 cm³/mol. The van der Waals surface area contributed by atoms with Crippen LogP contribution in [0.1, 0.15) is 42.9 Å². The zero-order valence-electron chi connectivity index (χ0n) is 21.1. The lowest BCUT2D eigenvalue weighted by molar-refractivity contribution is -0.117. The van der Waals surface area contributed by atoms with Gasteiger partial charge in [-0.1, -0.05) is 47.6 Å². The Bertz CT molecular complexity index is 1480. The van der Waals surface area contributed by atoms with Crippen molar-refractivity contribution in [1.82, 2.24) is 14.5 Å². The highest BCUT2D eigenvalue weighted by Crippen LogP contribution is 2.51. The van der Waals surface area contributed by atoms with Gasteiger partial charge < -0.3 is 21.7 Å². The lowest BCUT2D eigenvalue weighted by atomic mass is 9.73. The second kappa shape index (κ2) is 9.59. The minimum absolute atomic E-state index is 0.0190. The van der Waals surface area contributed by atoms with Crippen molar-refractivity contribution in [2.45, 2.75) is 47.9 Å². The molecular formula is C27H30ClN7O2S. The topological polar surface area (TPSA) is 132 Å². The number of halogens is 1. The zero-order valence-corrected chi connectivity index (χ0v) is 22.7. The number of nitrogens with zero attached hydrogens (tertiary/aromatic N) is 4. The van der Waals surface area contributed by atoms with Crippen LogP contribution < -0.4 is 27.2 Å². The molecule has 1 saturated heterocycles. The van der Waals surface area contributed by atoms with Gasteiger partial charge >= 0.3 is 0 Å². The number of carbonyl (C=O) groups is 1. The van der Waals surface area contributed by atoms with Gasteiger partial charge in [0.05, 0.1) is 5.02 Å². The van der Waals surface area contributed by atoms with Crippen LogP contribution >= 0.6 is 23.4 Å². The predicted octanol–water partition coefficient (Wildman–Crippen LogP) is 3.75. The summed E-state index contributed by atoms with van der Waals surface area (Å²) in [5, 5.41) is 3.05. The molecule has 1 atom stereocenters. The molecule has 1 aliphatic heterocycles. The Balaban J connectivity index is 1.20. The van der Waals surface area contributed by atoms with Crippen molar-refractivity contribution < 1.29 is 4.79 Å². The minimum atomic E-state index is -0.251. The van der Waals surface area contributed by atoms with Crippen molar-refractivity contribution in [2.24, 2.45) is 24.1 Å². The summed E-state index contributed by atoms with van der Waals surface area (Å²) >= 11 is 7.68. The molecule has 0 unspecified atom stereocenters.